The second-order valence-electron chi connectivity index (χ2n) is 2.49. The molecule has 0 heterocycles. The second kappa shape index (κ2) is 4.09. The minimum absolute atomic E-state index is 0. The molecule has 1 rings (SSSR count). The normalized spacial score (nSPS) is 34.0. The molecule has 3 N–H and O–H groups in total. The first kappa shape index (κ1) is 9.21. The quantitative estimate of drug-likeness (QED) is 0.575. The van der Waals surface area contributed by atoms with E-state index in [9.17, 15) is 0 Å². The van der Waals surface area contributed by atoms with Crippen molar-refractivity contribution >= 4 is 12.4 Å². The fraction of sp³-hybridized carbons (Fsp3) is 1.00. The molecule has 0 aromatic rings. The van der Waals surface area contributed by atoms with Gasteiger partial charge in [-0.25, -0.2) is 0 Å². The molecule has 0 spiro atoms. The van der Waals surface area contributed by atoms with Crippen LogP contribution in [0.2, 0.25) is 0 Å². The van der Waals surface area contributed by atoms with Crippen molar-refractivity contribution < 1.29 is 5.11 Å². The van der Waals surface area contributed by atoms with E-state index in [1.165, 1.54) is 0 Å². The maximum Gasteiger partial charge on any atom is 0.0580 e. The van der Waals surface area contributed by atoms with E-state index in [-0.39, 0.29) is 18.5 Å². The first-order valence-corrected chi connectivity index (χ1v) is 3.22. The number of rotatable bonds is 1. The van der Waals surface area contributed by atoms with E-state index in [2.05, 4.69) is 0 Å². The highest BCUT2D eigenvalue weighted by atomic mass is 35.5. The van der Waals surface area contributed by atoms with E-state index in [0.29, 0.717) is 12.5 Å². The molecule has 1 saturated carbocycles. The van der Waals surface area contributed by atoms with Crippen LogP contribution in [0.4, 0.5) is 0 Å². The van der Waals surface area contributed by atoms with Gasteiger partial charge in [0, 0.05) is 0 Å². The Balaban J connectivity index is 0.000000640. The Morgan fingerprint density at radius 2 is 2.11 bits per heavy atom. The Bertz CT molecular complexity index is 79.5. The molecule has 1 aliphatic rings. The van der Waals surface area contributed by atoms with Crippen molar-refractivity contribution in [1.29, 1.82) is 0 Å². The van der Waals surface area contributed by atoms with Crippen LogP contribution >= 0.6 is 12.4 Å². The van der Waals surface area contributed by atoms with Crippen LogP contribution in [-0.2, 0) is 0 Å². The van der Waals surface area contributed by atoms with Gasteiger partial charge in [0.15, 0.2) is 0 Å². The smallest absolute Gasteiger partial charge is 0.0580 e. The third kappa shape index (κ3) is 2.12. The van der Waals surface area contributed by atoms with Crippen molar-refractivity contribution in [1.82, 2.24) is 0 Å². The van der Waals surface area contributed by atoms with Crippen molar-refractivity contribution in [2.45, 2.75) is 25.4 Å². The van der Waals surface area contributed by atoms with E-state index < -0.39 is 0 Å². The number of nitrogens with two attached hydrogens (primary N) is 1. The molecular formula is C6H14ClNO. The number of halogens is 1. The van der Waals surface area contributed by atoms with Crippen LogP contribution in [0.1, 0.15) is 19.3 Å². The molecule has 9 heavy (non-hydrogen) atoms. The van der Waals surface area contributed by atoms with Gasteiger partial charge in [0.05, 0.1) is 6.10 Å². The molecule has 1 aliphatic carbocycles. The Hall–Kier alpha value is 0.210. The lowest BCUT2D eigenvalue weighted by Gasteiger charge is -2.09. The molecule has 0 radical (unpaired) electrons. The average Bonchev–Trinajstić information content (AvgIpc) is 2.14. The molecule has 0 amide bonds. The number of hydrogen-bond acceptors (Lipinski definition) is 2. The van der Waals surface area contributed by atoms with Gasteiger partial charge in [0.25, 0.3) is 0 Å². The molecule has 0 aromatic carbocycles. The highest BCUT2D eigenvalue weighted by Crippen LogP contribution is 2.23. The predicted molar refractivity (Wildman–Crippen MR) is 39.7 cm³/mol. The zero-order valence-electron chi connectivity index (χ0n) is 5.42. The summed E-state index contributed by atoms with van der Waals surface area (Å²) in [5, 5.41) is 9.11. The van der Waals surface area contributed by atoms with Crippen LogP contribution in [0.5, 0.6) is 0 Å². The van der Waals surface area contributed by atoms with Gasteiger partial charge >= 0.3 is 0 Å². The largest absolute Gasteiger partial charge is 0.393 e. The molecule has 0 aromatic heterocycles. The van der Waals surface area contributed by atoms with Gasteiger partial charge in [-0.1, -0.05) is 6.42 Å². The monoisotopic (exact) mass is 151 g/mol. The van der Waals surface area contributed by atoms with Gasteiger partial charge in [-0.2, -0.15) is 0 Å². The van der Waals surface area contributed by atoms with E-state index >= 15 is 0 Å². The summed E-state index contributed by atoms with van der Waals surface area (Å²) in [5.41, 5.74) is 5.36. The van der Waals surface area contributed by atoms with E-state index in [0.717, 1.165) is 19.3 Å². The minimum atomic E-state index is -0.0972. The fourth-order valence-corrected chi connectivity index (χ4v) is 1.29. The summed E-state index contributed by atoms with van der Waals surface area (Å²) < 4.78 is 0. The van der Waals surface area contributed by atoms with Gasteiger partial charge in [-0.3, -0.25) is 0 Å². The van der Waals surface area contributed by atoms with Crippen molar-refractivity contribution in [3.63, 3.8) is 0 Å². The molecule has 0 unspecified atom stereocenters. The van der Waals surface area contributed by atoms with Crippen LogP contribution < -0.4 is 5.73 Å². The van der Waals surface area contributed by atoms with Gasteiger partial charge in [0.2, 0.25) is 0 Å². The minimum Gasteiger partial charge on any atom is -0.393 e. The lowest BCUT2D eigenvalue weighted by atomic mass is 10.1. The van der Waals surface area contributed by atoms with E-state index in [4.69, 9.17) is 10.8 Å². The summed E-state index contributed by atoms with van der Waals surface area (Å²) in [6.07, 6.45) is 3.14. The fourth-order valence-electron chi connectivity index (χ4n) is 1.29. The molecular weight excluding hydrogens is 138 g/mol. The zero-order chi connectivity index (χ0) is 5.98. The maximum absolute atomic E-state index is 9.11. The summed E-state index contributed by atoms with van der Waals surface area (Å²) >= 11 is 0. The van der Waals surface area contributed by atoms with Crippen LogP contribution in [0.3, 0.4) is 0 Å². The third-order valence-electron chi connectivity index (χ3n) is 1.92. The Morgan fingerprint density at radius 3 is 2.33 bits per heavy atom. The summed E-state index contributed by atoms with van der Waals surface area (Å²) in [5.74, 6) is 0.398. The van der Waals surface area contributed by atoms with Gasteiger partial charge in [0.1, 0.15) is 0 Å². The summed E-state index contributed by atoms with van der Waals surface area (Å²) in [7, 11) is 0. The zero-order valence-corrected chi connectivity index (χ0v) is 6.23. The van der Waals surface area contributed by atoms with Crippen molar-refractivity contribution in [2.75, 3.05) is 6.54 Å². The predicted octanol–water partition coefficient (Wildman–Crippen LogP) is 0.528. The highest BCUT2D eigenvalue weighted by molar-refractivity contribution is 5.85. The SMILES string of the molecule is Cl.NC[C@@H]1CCC[C@H]1O. The van der Waals surface area contributed by atoms with Gasteiger partial charge in [-0.05, 0) is 25.3 Å². The number of hydrogen-bond donors (Lipinski definition) is 2. The van der Waals surface area contributed by atoms with Gasteiger partial charge < -0.3 is 10.8 Å². The molecule has 56 valence electrons. The lowest BCUT2D eigenvalue weighted by Crippen LogP contribution is -2.21. The molecule has 0 bridgehead atoms. The van der Waals surface area contributed by atoms with Gasteiger partial charge in [-0.15, -0.1) is 12.4 Å². The molecule has 3 heteroatoms. The van der Waals surface area contributed by atoms with Crippen LogP contribution in [0, 0.1) is 5.92 Å². The lowest BCUT2D eigenvalue weighted by molar-refractivity contribution is 0.136. The summed E-state index contributed by atoms with van der Waals surface area (Å²) in [4.78, 5) is 0. The first-order valence-electron chi connectivity index (χ1n) is 3.22. The average molecular weight is 152 g/mol. The van der Waals surface area contributed by atoms with Crippen molar-refractivity contribution in [3.8, 4) is 0 Å². The summed E-state index contributed by atoms with van der Waals surface area (Å²) in [6, 6.07) is 0. The van der Waals surface area contributed by atoms with Crippen LogP contribution in [0.25, 0.3) is 0 Å². The topological polar surface area (TPSA) is 46.2 Å². The second-order valence-corrected chi connectivity index (χ2v) is 2.49. The van der Waals surface area contributed by atoms with Crippen LogP contribution in [0.15, 0.2) is 0 Å². The molecule has 1 fully saturated rings. The van der Waals surface area contributed by atoms with E-state index in [1.54, 1.807) is 0 Å². The van der Waals surface area contributed by atoms with Crippen LogP contribution in [-0.4, -0.2) is 17.8 Å². The first-order chi connectivity index (χ1) is 3.84. The van der Waals surface area contributed by atoms with Crippen molar-refractivity contribution in [2.24, 2.45) is 11.7 Å². The Morgan fingerprint density at radius 1 is 1.44 bits per heavy atom. The molecule has 0 saturated heterocycles. The molecule has 2 nitrogen and oxygen atoms in total. The number of aliphatic hydroxyl groups excluding tert-OH is 1. The summed E-state index contributed by atoms with van der Waals surface area (Å²) in [6.45, 7) is 0.654. The molecule has 2 atom stereocenters. The maximum atomic E-state index is 9.11. The number of aliphatic hydroxyl groups is 1. The third-order valence-corrected chi connectivity index (χ3v) is 1.92. The Kier molecular flexibility index (Phi) is 4.19. The molecule has 0 aliphatic heterocycles. The Labute approximate surface area is 61.8 Å². The standard InChI is InChI=1S/C6H13NO.ClH/c7-4-5-2-1-3-6(5)8;/h5-6,8H,1-4,7H2;1H/t5-,6+;/m0./s1. The van der Waals surface area contributed by atoms with E-state index in [1.807, 2.05) is 0 Å². The van der Waals surface area contributed by atoms with Crippen molar-refractivity contribution in [3.05, 3.63) is 0 Å². The highest BCUT2D eigenvalue weighted by Gasteiger charge is 2.22.